The van der Waals surface area contributed by atoms with Crippen LogP contribution in [0.1, 0.15) is 55.8 Å². The smallest absolute Gasteiger partial charge is 0.275 e. The number of fused-ring (bicyclic) bond motifs is 1. The molecule has 0 atom stereocenters. The number of phenols is 1. The van der Waals surface area contributed by atoms with Gasteiger partial charge in [-0.1, -0.05) is 44.0 Å². The average molecular weight is 324 g/mol. The summed E-state index contributed by atoms with van der Waals surface area (Å²) < 4.78 is 0. The molecule has 0 saturated heterocycles. The maximum Gasteiger partial charge on any atom is 0.275 e. The van der Waals surface area contributed by atoms with Crippen molar-refractivity contribution in [3.05, 3.63) is 42.0 Å². The number of nitrogens with zero attached hydrogens (tertiary/aromatic N) is 1. The monoisotopic (exact) mass is 324 g/mol. The summed E-state index contributed by atoms with van der Waals surface area (Å²) in [4.78, 5) is 12.3. The Morgan fingerprint density at radius 2 is 1.88 bits per heavy atom. The van der Waals surface area contributed by atoms with Crippen LogP contribution in [0.25, 0.3) is 10.8 Å². The van der Waals surface area contributed by atoms with Crippen LogP contribution >= 0.6 is 0 Å². The second-order valence-electron chi connectivity index (χ2n) is 6.57. The third kappa shape index (κ3) is 3.75. The van der Waals surface area contributed by atoms with Gasteiger partial charge in [-0.05, 0) is 54.5 Å². The van der Waals surface area contributed by atoms with E-state index in [2.05, 4.69) is 17.5 Å². The summed E-state index contributed by atoms with van der Waals surface area (Å²) in [5.41, 5.74) is 3.92. The number of hydrogen-bond acceptors (Lipinski definition) is 3. The van der Waals surface area contributed by atoms with Crippen molar-refractivity contribution in [3.63, 3.8) is 0 Å². The maximum atomic E-state index is 12.3. The molecule has 0 unspecified atom stereocenters. The number of aromatic hydroxyl groups is 1. The molecule has 1 saturated carbocycles. The summed E-state index contributed by atoms with van der Waals surface area (Å²) >= 11 is 0. The molecule has 3 rings (SSSR count). The van der Waals surface area contributed by atoms with E-state index in [1.54, 1.807) is 12.1 Å². The van der Waals surface area contributed by atoms with Gasteiger partial charge in [0.15, 0.2) is 0 Å². The molecule has 0 spiro atoms. The Hall–Kier alpha value is -2.36. The summed E-state index contributed by atoms with van der Waals surface area (Å²) in [7, 11) is 0. The summed E-state index contributed by atoms with van der Waals surface area (Å²) in [5, 5.41) is 16.2. The third-order valence-corrected chi connectivity index (χ3v) is 4.80. The Balaban J connectivity index is 1.67. The van der Waals surface area contributed by atoms with Gasteiger partial charge in [-0.15, -0.1) is 0 Å². The molecule has 126 valence electrons. The van der Waals surface area contributed by atoms with Gasteiger partial charge < -0.3 is 5.11 Å². The quantitative estimate of drug-likeness (QED) is 0.806. The minimum Gasteiger partial charge on any atom is -0.507 e. The highest BCUT2D eigenvalue weighted by molar-refractivity contribution is 6.02. The largest absolute Gasteiger partial charge is 0.507 e. The van der Waals surface area contributed by atoms with Crippen LogP contribution in [-0.4, -0.2) is 16.7 Å². The lowest BCUT2D eigenvalue weighted by Crippen LogP contribution is -2.22. The second-order valence-corrected chi connectivity index (χ2v) is 6.57. The van der Waals surface area contributed by atoms with Crippen molar-refractivity contribution < 1.29 is 9.90 Å². The Kier molecular flexibility index (Phi) is 5.14. The van der Waals surface area contributed by atoms with Gasteiger partial charge in [-0.25, -0.2) is 5.43 Å². The number of nitrogens with one attached hydrogen (secondary N) is 1. The lowest BCUT2D eigenvalue weighted by atomic mass is 9.85. The van der Waals surface area contributed by atoms with Crippen LogP contribution in [0.2, 0.25) is 0 Å². The fourth-order valence-corrected chi connectivity index (χ4v) is 3.42. The molecule has 1 aliphatic rings. The average Bonchev–Trinajstić information content (AvgIpc) is 2.60. The van der Waals surface area contributed by atoms with Gasteiger partial charge in [0.25, 0.3) is 5.91 Å². The van der Waals surface area contributed by atoms with Crippen LogP contribution in [-0.2, 0) is 0 Å². The van der Waals surface area contributed by atoms with Gasteiger partial charge in [0.1, 0.15) is 5.75 Å². The van der Waals surface area contributed by atoms with E-state index < -0.39 is 0 Å². The van der Waals surface area contributed by atoms with Gasteiger partial charge >= 0.3 is 0 Å². The van der Waals surface area contributed by atoms with Crippen molar-refractivity contribution >= 4 is 22.4 Å². The molecule has 4 heteroatoms. The number of hydrogen-bond donors (Lipinski definition) is 2. The zero-order chi connectivity index (χ0) is 16.9. The highest BCUT2D eigenvalue weighted by atomic mass is 16.3. The van der Waals surface area contributed by atoms with E-state index in [0.717, 1.165) is 48.1 Å². The summed E-state index contributed by atoms with van der Waals surface area (Å²) in [5.74, 6) is 0.425. The number of carbonyl (C=O) groups is 1. The molecule has 0 aromatic heterocycles. The van der Waals surface area contributed by atoms with Crippen LogP contribution in [0, 0.1) is 5.92 Å². The first kappa shape index (κ1) is 16.5. The van der Waals surface area contributed by atoms with Gasteiger partial charge in [-0.3, -0.25) is 4.79 Å². The van der Waals surface area contributed by atoms with Gasteiger partial charge in [0.05, 0.1) is 5.56 Å². The molecule has 1 fully saturated rings. The molecular formula is C20H24N2O2. The minimum absolute atomic E-state index is 0.0157. The highest BCUT2D eigenvalue weighted by Gasteiger charge is 2.18. The Bertz CT molecular complexity index is 757. The first-order chi connectivity index (χ1) is 11.7. The van der Waals surface area contributed by atoms with E-state index in [1.807, 2.05) is 24.3 Å². The van der Waals surface area contributed by atoms with Gasteiger partial charge in [0, 0.05) is 5.71 Å². The zero-order valence-corrected chi connectivity index (χ0v) is 14.1. The van der Waals surface area contributed by atoms with Crippen molar-refractivity contribution in [2.75, 3.05) is 0 Å². The fourth-order valence-electron chi connectivity index (χ4n) is 3.42. The molecule has 0 radical (unpaired) electrons. The molecule has 2 aromatic rings. The molecule has 0 aliphatic heterocycles. The van der Waals surface area contributed by atoms with Crippen LogP contribution in [0.5, 0.6) is 5.75 Å². The van der Waals surface area contributed by atoms with Crippen LogP contribution in [0.15, 0.2) is 41.5 Å². The molecule has 1 aliphatic carbocycles. The van der Waals surface area contributed by atoms with Crippen molar-refractivity contribution in [3.8, 4) is 5.75 Å². The van der Waals surface area contributed by atoms with Crippen molar-refractivity contribution in [1.82, 2.24) is 5.43 Å². The van der Waals surface area contributed by atoms with Crippen molar-refractivity contribution in [2.45, 2.75) is 45.4 Å². The van der Waals surface area contributed by atoms with E-state index in [1.165, 1.54) is 12.8 Å². The molecule has 1 amide bonds. The lowest BCUT2D eigenvalue weighted by Gasteiger charge is -2.22. The summed E-state index contributed by atoms with van der Waals surface area (Å²) in [6.45, 7) is 2.22. The zero-order valence-electron chi connectivity index (χ0n) is 14.1. The highest BCUT2D eigenvalue weighted by Crippen LogP contribution is 2.27. The Morgan fingerprint density at radius 3 is 2.54 bits per heavy atom. The number of benzene rings is 2. The van der Waals surface area contributed by atoms with E-state index in [4.69, 9.17) is 0 Å². The van der Waals surface area contributed by atoms with Crippen molar-refractivity contribution in [2.24, 2.45) is 11.0 Å². The Labute approximate surface area is 142 Å². The number of phenolic OH excluding ortho intramolecular Hbond substituents is 1. The maximum absolute atomic E-state index is 12.3. The van der Waals surface area contributed by atoms with E-state index in [0.29, 0.717) is 0 Å². The summed E-state index contributed by atoms with van der Waals surface area (Å²) in [6.07, 6.45) is 6.73. The second kappa shape index (κ2) is 7.47. The van der Waals surface area contributed by atoms with Gasteiger partial charge in [-0.2, -0.15) is 5.10 Å². The number of amides is 1. The van der Waals surface area contributed by atoms with Crippen LogP contribution in [0.3, 0.4) is 0 Å². The number of rotatable bonds is 4. The first-order valence-corrected chi connectivity index (χ1v) is 8.75. The normalized spacial score (nSPS) is 17.7. The molecule has 2 aromatic carbocycles. The predicted molar refractivity (Wildman–Crippen MR) is 97.4 cm³/mol. The van der Waals surface area contributed by atoms with E-state index in [-0.39, 0.29) is 17.2 Å². The lowest BCUT2D eigenvalue weighted by molar-refractivity contribution is 0.0952. The molecule has 0 bridgehead atoms. The Morgan fingerprint density at radius 1 is 1.21 bits per heavy atom. The first-order valence-electron chi connectivity index (χ1n) is 8.75. The van der Waals surface area contributed by atoms with Crippen molar-refractivity contribution in [1.29, 1.82) is 0 Å². The number of hydrazone groups is 1. The number of carbonyl (C=O) groups excluding carboxylic acids is 1. The van der Waals surface area contributed by atoms with Gasteiger partial charge in [0.2, 0.25) is 0 Å². The van der Waals surface area contributed by atoms with E-state index >= 15 is 0 Å². The predicted octanol–water partition coefficient (Wildman–Crippen LogP) is 4.62. The fraction of sp³-hybridized carbons (Fsp3) is 0.400. The van der Waals surface area contributed by atoms with E-state index in [9.17, 15) is 9.90 Å². The third-order valence-electron chi connectivity index (χ3n) is 4.80. The van der Waals surface area contributed by atoms with Crippen LogP contribution < -0.4 is 5.43 Å². The molecular weight excluding hydrogens is 300 g/mol. The SMILES string of the molecule is CCCC1CCC(=NNC(=O)c2cc3ccccc3cc2O)CC1. The standard InChI is InChI=1S/C20H24N2O2/c1-2-5-14-8-10-17(11-9-14)21-22-20(24)18-12-15-6-3-4-7-16(15)13-19(18)23/h3-4,6-7,12-14,23H,2,5,8-11H2,1H3,(H,22,24). The topological polar surface area (TPSA) is 61.7 Å². The molecule has 24 heavy (non-hydrogen) atoms. The van der Waals surface area contributed by atoms with Crippen LogP contribution in [0.4, 0.5) is 0 Å². The summed E-state index contributed by atoms with van der Waals surface area (Å²) in [6, 6.07) is 11.0. The molecule has 2 N–H and O–H groups in total. The molecule has 4 nitrogen and oxygen atoms in total. The molecule has 0 heterocycles. The minimum atomic E-state index is -0.360.